The van der Waals surface area contributed by atoms with Crippen molar-refractivity contribution in [1.82, 2.24) is 20.4 Å². The van der Waals surface area contributed by atoms with Crippen molar-refractivity contribution in [3.8, 4) is 0 Å². The molecule has 0 atom stereocenters. The topological polar surface area (TPSA) is 64.7 Å². The monoisotopic (exact) mass is 280 g/mol. The van der Waals surface area contributed by atoms with Gasteiger partial charge in [-0.25, -0.2) is 4.79 Å². The first-order valence-electron chi connectivity index (χ1n) is 7.77. The Balaban J connectivity index is 1.53. The molecule has 0 radical (unpaired) electrons. The highest BCUT2D eigenvalue weighted by molar-refractivity contribution is 5.96. The van der Waals surface area contributed by atoms with E-state index >= 15 is 0 Å². The van der Waals surface area contributed by atoms with E-state index in [1.165, 1.54) is 30.6 Å². The normalized spacial score (nSPS) is 24.2. The first-order valence-corrected chi connectivity index (χ1v) is 7.77. The molecule has 20 heavy (non-hydrogen) atoms. The lowest BCUT2D eigenvalue weighted by atomic mass is 9.97. The molecule has 3 fully saturated rings. The Morgan fingerprint density at radius 1 is 1.20 bits per heavy atom. The molecule has 1 aliphatic carbocycles. The van der Waals surface area contributed by atoms with Crippen LogP contribution in [0.2, 0.25) is 0 Å². The molecule has 2 saturated heterocycles. The van der Waals surface area contributed by atoms with Gasteiger partial charge in [-0.2, -0.15) is 0 Å². The Labute approximate surface area is 119 Å². The zero-order valence-corrected chi connectivity index (χ0v) is 11.9. The standard InChI is InChI=1S/C14H24N4O2/c19-13(18-8-7-16-14(18)20)10-17(12-1-2-12)9-11-3-5-15-6-4-11/h11-12,15H,1-10H2,(H,16,20). The molecule has 0 aromatic rings. The van der Waals surface area contributed by atoms with Crippen molar-refractivity contribution in [2.45, 2.75) is 31.7 Å². The Hall–Kier alpha value is -1.14. The number of nitrogens with zero attached hydrogens (tertiary/aromatic N) is 2. The molecule has 0 aromatic heterocycles. The molecule has 0 bridgehead atoms. The lowest BCUT2D eigenvalue weighted by Crippen LogP contribution is -2.45. The molecule has 0 aromatic carbocycles. The van der Waals surface area contributed by atoms with Crippen molar-refractivity contribution < 1.29 is 9.59 Å². The molecule has 2 N–H and O–H groups in total. The average molecular weight is 280 g/mol. The van der Waals surface area contributed by atoms with Crippen LogP contribution in [0.25, 0.3) is 0 Å². The van der Waals surface area contributed by atoms with Crippen molar-refractivity contribution in [1.29, 1.82) is 0 Å². The fourth-order valence-electron chi connectivity index (χ4n) is 3.15. The molecule has 3 rings (SSSR count). The van der Waals surface area contributed by atoms with Crippen molar-refractivity contribution >= 4 is 11.9 Å². The quantitative estimate of drug-likeness (QED) is 0.744. The minimum atomic E-state index is -0.229. The number of imide groups is 1. The summed E-state index contributed by atoms with van der Waals surface area (Å²) in [6.07, 6.45) is 4.79. The molecular weight excluding hydrogens is 256 g/mol. The molecule has 3 aliphatic rings. The summed E-state index contributed by atoms with van der Waals surface area (Å²) >= 11 is 0. The van der Waals surface area contributed by atoms with Crippen LogP contribution >= 0.6 is 0 Å². The predicted molar refractivity (Wildman–Crippen MR) is 75.3 cm³/mol. The third-order valence-electron chi connectivity index (χ3n) is 4.51. The third kappa shape index (κ3) is 3.30. The number of rotatable bonds is 5. The Morgan fingerprint density at radius 2 is 1.95 bits per heavy atom. The van der Waals surface area contributed by atoms with Gasteiger partial charge in [0.25, 0.3) is 0 Å². The summed E-state index contributed by atoms with van der Waals surface area (Å²) in [7, 11) is 0. The van der Waals surface area contributed by atoms with E-state index in [2.05, 4.69) is 15.5 Å². The number of hydrogen-bond donors (Lipinski definition) is 2. The highest BCUT2D eigenvalue weighted by Crippen LogP contribution is 2.28. The number of urea groups is 1. The van der Waals surface area contributed by atoms with Gasteiger partial charge >= 0.3 is 6.03 Å². The van der Waals surface area contributed by atoms with Gasteiger partial charge in [-0.1, -0.05) is 0 Å². The second-order valence-corrected chi connectivity index (χ2v) is 6.13. The van der Waals surface area contributed by atoms with Gasteiger partial charge in [0.15, 0.2) is 0 Å². The van der Waals surface area contributed by atoms with Gasteiger partial charge in [-0.3, -0.25) is 14.6 Å². The van der Waals surface area contributed by atoms with E-state index in [-0.39, 0.29) is 11.9 Å². The van der Waals surface area contributed by atoms with Gasteiger partial charge in [-0.15, -0.1) is 0 Å². The zero-order valence-electron chi connectivity index (χ0n) is 11.9. The van der Waals surface area contributed by atoms with Crippen LogP contribution in [0.4, 0.5) is 4.79 Å². The maximum absolute atomic E-state index is 12.3. The van der Waals surface area contributed by atoms with E-state index in [9.17, 15) is 9.59 Å². The number of carbonyl (C=O) groups excluding carboxylic acids is 2. The lowest BCUT2D eigenvalue weighted by molar-refractivity contribution is -0.129. The van der Waals surface area contributed by atoms with Crippen LogP contribution in [0.1, 0.15) is 25.7 Å². The van der Waals surface area contributed by atoms with E-state index in [4.69, 9.17) is 0 Å². The number of carbonyl (C=O) groups is 2. The summed E-state index contributed by atoms with van der Waals surface area (Å²) in [5.74, 6) is 0.651. The summed E-state index contributed by atoms with van der Waals surface area (Å²) in [6.45, 7) is 4.69. The van der Waals surface area contributed by atoms with Crippen LogP contribution in [-0.4, -0.2) is 67.0 Å². The smallest absolute Gasteiger partial charge is 0.324 e. The Kier molecular flexibility index (Phi) is 4.21. The van der Waals surface area contributed by atoms with E-state index in [0.717, 1.165) is 19.6 Å². The van der Waals surface area contributed by atoms with Crippen LogP contribution in [-0.2, 0) is 4.79 Å². The van der Waals surface area contributed by atoms with E-state index in [0.29, 0.717) is 31.6 Å². The predicted octanol–water partition coefficient (Wildman–Crippen LogP) is 0.00220. The fourth-order valence-corrected chi connectivity index (χ4v) is 3.15. The van der Waals surface area contributed by atoms with Crippen molar-refractivity contribution in [2.75, 3.05) is 39.3 Å². The Morgan fingerprint density at radius 3 is 2.55 bits per heavy atom. The maximum atomic E-state index is 12.3. The Bertz CT molecular complexity index is 377. The number of piperidine rings is 1. The summed E-state index contributed by atoms with van der Waals surface area (Å²) in [5, 5.41) is 6.07. The van der Waals surface area contributed by atoms with Crippen LogP contribution in [0.3, 0.4) is 0 Å². The summed E-state index contributed by atoms with van der Waals surface area (Å²) < 4.78 is 0. The van der Waals surface area contributed by atoms with Gasteiger partial charge in [0.05, 0.1) is 6.54 Å². The number of hydrogen-bond acceptors (Lipinski definition) is 4. The van der Waals surface area contributed by atoms with Crippen LogP contribution < -0.4 is 10.6 Å². The summed E-state index contributed by atoms with van der Waals surface area (Å²) in [4.78, 5) is 27.5. The molecule has 3 amide bonds. The fraction of sp³-hybridized carbons (Fsp3) is 0.857. The van der Waals surface area contributed by atoms with E-state index < -0.39 is 0 Å². The minimum Gasteiger partial charge on any atom is -0.336 e. The van der Waals surface area contributed by atoms with Crippen molar-refractivity contribution in [2.24, 2.45) is 5.92 Å². The van der Waals surface area contributed by atoms with Crippen molar-refractivity contribution in [3.63, 3.8) is 0 Å². The molecule has 2 aliphatic heterocycles. The molecule has 0 unspecified atom stereocenters. The van der Waals surface area contributed by atoms with Gasteiger partial charge in [0.2, 0.25) is 5.91 Å². The molecular formula is C14H24N4O2. The SMILES string of the molecule is O=C(CN(CC1CCNCC1)C1CC1)N1CCNC1=O. The molecule has 112 valence electrons. The van der Waals surface area contributed by atoms with E-state index in [1.54, 1.807) is 0 Å². The highest BCUT2D eigenvalue weighted by Gasteiger charge is 2.35. The van der Waals surface area contributed by atoms with E-state index in [1.807, 2.05) is 0 Å². The minimum absolute atomic E-state index is 0.0409. The van der Waals surface area contributed by atoms with Crippen LogP contribution in [0.5, 0.6) is 0 Å². The molecule has 6 nitrogen and oxygen atoms in total. The summed E-state index contributed by atoms with van der Waals surface area (Å²) in [5.41, 5.74) is 0. The average Bonchev–Trinajstić information content (AvgIpc) is 3.21. The maximum Gasteiger partial charge on any atom is 0.324 e. The largest absolute Gasteiger partial charge is 0.336 e. The van der Waals surface area contributed by atoms with Gasteiger partial charge < -0.3 is 10.6 Å². The highest BCUT2D eigenvalue weighted by atomic mass is 16.2. The molecule has 2 heterocycles. The van der Waals surface area contributed by atoms with Gasteiger partial charge in [-0.05, 0) is 44.7 Å². The second-order valence-electron chi connectivity index (χ2n) is 6.13. The summed E-state index contributed by atoms with van der Waals surface area (Å²) in [6, 6.07) is 0.340. The third-order valence-corrected chi connectivity index (χ3v) is 4.51. The first kappa shape index (κ1) is 13.8. The molecule has 0 spiro atoms. The number of amides is 3. The molecule has 1 saturated carbocycles. The van der Waals surface area contributed by atoms with Gasteiger partial charge in [0, 0.05) is 25.7 Å². The lowest BCUT2D eigenvalue weighted by Gasteiger charge is -2.30. The zero-order chi connectivity index (χ0) is 13.9. The van der Waals surface area contributed by atoms with Crippen LogP contribution in [0, 0.1) is 5.92 Å². The second kappa shape index (κ2) is 6.10. The number of nitrogens with one attached hydrogen (secondary N) is 2. The first-order chi connectivity index (χ1) is 9.74. The van der Waals surface area contributed by atoms with Crippen molar-refractivity contribution in [3.05, 3.63) is 0 Å². The van der Waals surface area contributed by atoms with Crippen LogP contribution in [0.15, 0.2) is 0 Å². The molecule has 6 heteroatoms. The van der Waals surface area contributed by atoms with Gasteiger partial charge in [0.1, 0.15) is 0 Å².